The fourth-order valence-corrected chi connectivity index (χ4v) is 1.57. The van der Waals surface area contributed by atoms with Gasteiger partial charge in [0.1, 0.15) is 5.82 Å². The third kappa shape index (κ3) is 1.87. The molecular formula is C10H12FNO. The summed E-state index contributed by atoms with van der Waals surface area (Å²) < 4.78 is 12.8. The highest BCUT2D eigenvalue weighted by Crippen LogP contribution is 2.17. The van der Waals surface area contributed by atoms with Crippen LogP contribution in [0.1, 0.15) is 5.56 Å². The minimum absolute atomic E-state index is 0.242. The summed E-state index contributed by atoms with van der Waals surface area (Å²) in [6, 6.07) is 6.38. The van der Waals surface area contributed by atoms with Crippen LogP contribution in [-0.4, -0.2) is 23.8 Å². The highest BCUT2D eigenvalue weighted by atomic mass is 19.1. The Kier molecular flexibility index (Phi) is 2.06. The third-order valence-electron chi connectivity index (χ3n) is 2.33. The number of β-amino-alcohol motifs (C(OH)–C–C–N with tert-alkyl or cyclic N) is 1. The molecule has 0 aromatic heterocycles. The first-order chi connectivity index (χ1) is 6.18. The Morgan fingerprint density at radius 2 is 2.23 bits per heavy atom. The van der Waals surface area contributed by atoms with Crippen molar-refractivity contribution in [3.63, 3.8) is 0 Å². The summed E-state index contributed by atoms with van der Waals surface area (Å²) in [6.45, 7) is 1.20. The van der Waals surface area contributed by atoms with Crippen molar-refractivity contribution < 1.29 is 9.50 Å². The van der Waals surface area contributed by atoms with Gasteiger partial charge in [0.25, 0.3) is 0 Å². The van der Waals surface area contributed by atoms with Gasteiger partial charge in [0, 0.05) is 19.5 Å². The summed E-state index contributed by atoms with van der Waals surface area (Å²) in [5, 5.41) is 12.8. The Morgan fingerprint density at radius 1 is 1.46 bits per heavy atom. The van der Waals surface area contributed by atoms with Crippen molar-refractivity contribution in [1.29, 1.82) is 0 Å². The van der Waals surface area contributed by atoms with Crippen LogP contribution in [0.25, 0.3) is 0 Å². The van der Waals surface area contributed by atoms with E-state index in [1.165, 1.54) is 12.1 Å². The molecule has 0 atom stereocenters. The van der Waals surface area contributed by atoms with Gasteiger partial charge in [-0.05, 0) is 17.7 Å². The van der Waals surface area contributed by atoms with E-state index in [0.717, 1.165) is 5.56 Å². The smallest absolute Gasteiger partial charge is 0.123 e. The molecule has 1 aromatic carbocycles. The molecule has 1 aromatic rings. The summed E-state index contributed by atoms with van der Waals surface area (Å²) in [4.78, 5) is 0. The number of hydrogen-bond acceptors (Lipinski definition) is 2. The Balaban J connectivity index is 2.09. The lowest BCUT2D eigenvalue weighted by Crippen LogP contribution is -2.60. The monoisotopic (exact) mass is 181 g/mol. The average molecular weight is 181 g/mol. The van der Waals surface area contributed by atoms with Crippen LogP contribution in [0.15, 0.2) is 24.3 Å². The summed E-state index contributed by atoms with van der Waals surface area (Å²) in [7, 11) is 0. The van der Waals surface area contributed by atoms with Crippen LogP contribution >= 0.6 is 0 Å². The molecule has 0 unspecified atom stereocenters. The lowest BCUT2D eigenvalue weighted by atomic mass is 9.89. The fourth-order valence-electron chi connectivity index (χ4n) is 1.57. The summed E-state index contributed by atoms with van der Waals surface area (Å²) in [5.41, 5.74) is 0.192. The zero-order chi connectivity index (χ0) is 9.31. The minimum Gasteiger partial charge on any atom is -0.387 e. The van der Waals surface area contributed by atoms with Gasteiger partial charge in [-0.2, -0.15) is 0 Å². The SMILES string of the molecule is OC1(Cc2cccc(F)c2)CNC1. The standard InChI is InChI=1S/C10H12FNO/c11-9-3-1-2-8(4-9)5-10(13)6-12-7-10/h1-4,12-13H,5-7H2. The van der Waals surface area contributed by atoms with Gasteiger partial charge >= 0.3 is 0 Å². The fraction of sp³-hybridized carbons (Fsp3) is 0.400. The second kappa shape index (κ2) is 3.09. The van der Waals surface area contributed by atoms with E-state index in [0.29, 0.717) is 19.5 Å². The van der Waals surface area contributed by atoms with Gasteiger partial charge < -0.3 is 10.4 Å². The summed E-state index contributed by atoms with van der Waals surface area (Å²) in [6.07, 6.45) is 0.526. The first kappa shape index (κ1) is 8.66. The third-order valence-corrected chi connectivity index (χ3v) is 2.33. The normalized spacial score (nSPS) is 19.5. The van der Waals surface area contributed by atoms with Crippen molar-refractivity contribution in [1.82, 2.24) is 5.32 Å². The Morgan fingerprint density at radius 3 is 2.77 bits per heavy atom. The highest BCUT2D eigenvalue weighted by molar-refractivity contribution is 5.19. The van der Waals surface area contributed by atoms with Gasteiger partial charge in [-0.1, -0.05) is 12.1 Å². The number of hydrogen-bond donors (Lipinski definition) is 2. The van der Waals surface area contributed by atoms with Crippen molar-refractivity contribution in [2.75, 3.05) is 13.1 Å². The molecule has 70 valence electrons. The Bertz CT molecular complexity index is 310. The van der Waals surface area contributed by atoms with E-state index < -0.39 is 5.60 Å². The van der Waals surface area contributed by atoms with Crippen LogP contribution in [0.3, 0.4) is 0 Å². The Hall–Kier alpha value is -0.930. The number of nitrogens with one attached hydrogen (secondary N) is 1. The molecule has 1 fully saturated rings. The van der Waals surface area contributed by atoms with Gasteiger partial charge in [-0.15, -0.1) is 0 Å². The molecule has 1 aliphatic heterocycles. The first-order valence-corrected chi connectivity index (χ1v) is 4.36. The first-order valence-electron chi connectivity index (χ1n) is 4.36. The molecule has 0 spiro atoms. The predicted octanol–water partition coefficient (Wildman–Crippen LogP) is 0.702. The molecule has 13 heavy (non-hydrogen) atoms. The molecule has 1 saturated heterocycles. The van der Waals surface area contributed by atoms with Crippen molar-refractivity contribution in [2.24, 2.45) is 0 Å². The maximum atomic E-state index is 12.8. The topological polar surface area (TPSA) is 32.3 Å². The molecule has 0 amide bonds. The number of benzene rings is 1. The van der Waals surface area contributed by atoms with Crippen LogP contribution < -0.4 is 5.32 Å². The van der Waals surface area contributed by atoms with Crippen LogP contribution in [0.2, 0.25) is 0 Å². The van der Waals surface area contributed by atoms with E-state index in [1.54, 1.807) is 6.07 Å². The van der Waals surface area contributed by atoms with Gasteiger partial charge in [0.15, 0.2) is 0 Å². The molecule has 1 heterocycles. The second-order valence-electron chi connectivity index (χ2n) is 3.63. The maximum absolute atomic E-state index is 12.8. The molecule has 0 bridgehead atoms. The van der Waals surface area contributed by atoms with Crippen molar-refractivity contribution in [2.45, 2.75) is 12.0 Å². The summed E-state index contributed by atoms with van der Waals surface area (Å²) in [5.74, 6) is -0.242. The van der Waals surface area contributed by atoms with Crippen LogP contribution in [0.5, 0.6) is 0 Å². The number of rotatable bonds is 2. The van der Waals surface area contributed by atoms with E-state index in [4.69, 9.17) is 0 Å². The zero-order valence-electron chi connectivity index (χ0n) is 7.26. The lowest BCUT2D eigenvalue weighted by molar-refractivity contribution is -0.00905. The highest BCUT2D eigenvalue weighted by Gasteiger charge is 2.34. The molecule has 0 saturated carbocycles. The van der Waals surface area contributed by atoms with E-state index in [9.17, 15) is 9.50 Å². The molecule has 2 nitrogen and oxygen atoms in total. The molecule has 0 radical (unpaired) electrons. The van der Waals surface area contributed by atoms with E-state index in [1.807, 2.05) is 6.07 Å². The maximum Gasteiger partial charge on any atom is 0.123 e. The lowest BCUT2D eigenvalue weighted by Gasteiger charge is -2.37. The van der Waals surface area contributed by atoms with Crippen molar-refractivity contribution in [3.8, 4) is 0 Å². The van der Waals surface area contributed by atoms with Crippen molar-refractivity contribution >= 4 is 0 Å². The van der Waals surface area contributed by atoms with Gasteiger partial charge in [-0.25, -0.2) is 4.39 Å². The second-order valence-corrected chi connectivity index (χ2v) is 3.63. The summed E-state index contributed by atoms with van der Waals surface area (Å²) >= 11 is 0. The molecule has 2 N–H and O–H groups in total. The molecule has 3 heteroatoms. The largest absolute Gasteiger partial charge is 0.387 e. The van der Waals surface area contributed by atoms with Crippen LogP contribution in [0.4, 0.5) is 4.39 Å². The number of aliphatic hydroxyl groups is 1. The van der Waals surface area contributed by atoms with Crippen LogP contribution in [-0.2, 0) is 6.42 Å². The molecule has 0 aliphatic carbocycles. The van der Waals surface area contributed by atoms with Gasteiger partial charge in [0.05, 0.1) is 5.60 Å². The van der Waals surface area contributed by atoms with Gasteiger partial charge in [-0.3, -0.25) is 0 Å². The zero-order valence-corrected chi connectivity index (χ0v) is 7.26. The average Bonchev–Trinajstić information content (AvgIpc) is 2.01. The van der Waals surface area contributed by atoms with Crippen molar-refractivity contribution in [3.05, 3.63) is 35.6 Å². The Labute approximate surface area is 76.4 Å². The molecular weight excluding hydrogens is 169 g/mol. The quantitative estimate of drug-likeness (QED) is 0.704. The van der Waals surface area contributed by atoms with E-state index in [2.05, 4.69) is 5.32 Å². The molecule has 1 aliphatic rings. The van der Waals surface area contributed by atoms with E-state index >= 15 is 0 Å². The minimum atomic E-state index is -0.659. The van der Waals surface area contributed by atoms with Gasteiger partial charge in [0.2, 0.25) is 0 Å². The molecule has 2 rings (SSSR count). The van der Waals surface area contributed by atoms with Crippen LogP contribution in [0, 0.1) is 5.82 Å². The van der Waals surface area contributed by atoms with E-state index in [-0.39, 0.29) is 5.82 Å². The predicted molar refractivity (Wildman–Crippen MR) is 47.9 cm³/mol. The number of halogens is 1.